The molecule has 1 aromatic carbocycles. The van der Waals surface area contributed by atoms with E-state index in [9.17, 15) is 9.18 Å². The fraction of sp³-hybridized carbons (Fsp3) is 0.0833. The summed E-state index contributed by atoms with van der Waals surface area (Å²) in [7, 11) is 0. The van der Waals surface area contributed by atoms with Gasteiger partial charge in [-0.15, -0.1) is 11.3 Å². The van der Waals surface area contributed by atoms with Crippen LogP contribution in [0.15, 0.2) is 31.8 Å². The van der Waals surface area contributed by atoms with Crippen LogP contribution in [0.2, 0.25) is 0 Å². The van der Waals surface area contributed by atoms with Crippen molar-refractivity contribution in [1.29, 1.82) is 0 Å². The van der Waals surface area contributed by atoms with E-state index in [0.717, 1.165) is 7.57 Å². The molecule has 0 spiro atoms. The van der Waals surface area contributed by atoms with Gasteiger partial charge in [0, 0.05) is 11.3 Å². The first-order valence-electron chi connectivity index (χ1n) is 5.00. The number of carbonyl (C=O) groups is 1. The molecule has 0 fully saturated rings. The summed E-state index contributed by atoms with van der Waals surface area (Å²) in [6.07, 6.45) is 0. The molecule has 0 unspecified atom stereocenters. The smallest absolute Gasteiger partial charge is 0.257 e. The van der Waals surface area contributed by atoms with Gasteiger partial charge in [-0.25, -0.2) is 4.39 Å². The van der Waals surface area contributed by atoms with E-state index in [1.54, 1.807) is 25.1 Å². The van der Waals surface area contributed by atoms with Crippen molar-refractivity contribution in [2.75, 3.05) is 5.32 Å². The van der Waals surface area contributed by atoms with E-state index in [4.69, 9.17) is 0 Å². The maximum Gasteiger partial charge on any atom is 0.257 e. The van der Waals surface area contributed by atoms with Gasteiger partial charge in [-0.2, -0.15) is 0 Å². The molecule has 0 aliphatic heterocycles. The molecule has 2 rings (SSSR count). The zero-order valence-corrected chi connectivity index (χ0v) is 13.2. The SMILES string of the molecule is Cc1c(F)cccc1NC(=O)c1cc(Br)sc1Br. The number of anilines is 1. The van der Waals surface area contributed by atoms with Crippen LogP contribution in [0, 0.1) is 12.7 Å². The highest BCUT2D eigenvalue weighted by molar-refractivity contribution is 9.12. The molecule has 0 radical (unpaired) electrons. The lowest BCUT2D eigenvalue weighted by atomic mass is 10.2. The van der Waals surface area contributed by atoms with E-state index in [1.165, 1.54) is 17.4 Å². The van der Waals surface area contributed by atoms with Crippen LogP contribution in [0.25, 0.3) is 0 Å². The molecule has 0 aliphatic carbocycles. The lowest BCUT2D eigenvalue weighted by molar-refractivity contribution is 0.102. The van der Waals surface area contributed by atoms with E-state index in [2.05, 4.69) is 37.2 Å². The number of thiophene rings is 1. The van der Waals surface area contributed by atoms with Crippen molar-refractivity contribution in [1.82, 2.24) is 0 Å². The van der Waals surface area contributed by atoms with Crippen molar-refractivity contribution < 1.29 is 9.18 Å². The molecular formula is C12H8Br2FNOS. The standard InChI is InChI=1S/C12H8Br2FNOS/c1-6-8(15)3-2-4-9(6)16-12(17)7-5-10(13)18-11(7)14/h2-5H,1H3,(H,16,17). The lowest BCUT2D eigenvalue weighted by Gasteiger charge is -2.08. The summed E-state index contributed by atoms with van der Waals surface area (Å²) in [5, 5.41) is 2.70. The van der Waals surface area contributed by atoms with Crippen LogP contribution >= 0.6 is 43.2 Å². The maximum atomic E-state index is 13.3. The topological polar surface area (TPSA) is 29.1 Å². The van der Waals surface area contributed by atoms with Gasteiger partial charge in [0.05, 0.1) is 13.1 Å². The van der Waals surface area contributed by atoms with Crippen LogP contribution < -0.4 is 5.32 Å². The highest BCUT2D eigenvalue weighted by atomic mass is 79.9. The van der Waals surface area contributed by atoms with Gasteiger partial charge in [-0.3, -0.25) is 4.79 Å². The van der Waals surface area contributed by atoms with Gasteiger partial charge < -0.3 is 5.32 Å². The summed E-state index contributed by atoms with van der Waals surface area (Å²) in [6.45, 7) is 1.63. The Kier molecular flexibility index (Phi) is 4.19. The summed E-state index contributed by atoms with van der Waals surface area (Å²) >= 11 is 8.04. The second kappa shape index (κ2) is 5.50. The summed E-state index contributed by atoms with van der Waals surface area (Å²) < 4.78 is 14.9. The Morgan fingerprint density at radius 3 is 2.72 bits per heavy atom. The third kappa shape index (κ3) is 2.81. The summed E-state index contributed by atoms with van der Waals surface area (Å²) in [5.41, 5.74) is 1.43. The first-order valence-corrected chi connectivity index (χ1v) is 7.40. The first kappa shape index (κ1) is 13.7. The van der Waals surface area contributed by atoms with Gasteiger partial charge in [-0.1, -0.05) is 6.07 Å². The fourth-order valence-electron chi connectivity index (χ4n) is 1.43. The minimum Gasteiger partial charge on any atom is -0.322 e. The van der Waals surface area contributed by atoms with Gasteiger partial charge in [0.1, 0.15) is 5.82 Å². The predicted molar refractivity (Wildman–Crippen MR) is 78.8 cm³/mol. The number of halogens is 3. The van der Waals surface area contributed by atoms with E-state index in [1.807, 2.05) is 0 Å². The number of nitrogens with one attached hydrogen (secondary N) is 1. The second-order valence-electron chi connectivity index (χ2n) is 3.60. The molecule has 0 atom stereocenters. The van der Waals surface area contributed by atoms with Crippen LogP contribution in [0.5, 0.6) is 0 Å². The van der Waals surface area contributed by atoms with E-state index in [0.29, 0.717) is 16.8 Å². The lowest BCUT2D eigenvalue weighted by Crippen LogP contribution is -2.12. The summed E-state index contributed by atoms with van der Waals surface area (Å²) in [4.78, 5) is 12.0. The van der Waals surface area contributed by atoms with E-state index < -0.39 is 0 Å². The normalized spacial score (nSPS) is 10.4. The first-order chi connectivity index (χ1) is 8.49. The summed E-state index contributed by atoms with van der Waals surface area (Å²) in [5.74, 6) is -0.601. The molecule has 1 heterocycles. The Hall–Kier alpha value is -0.720. The molecule has 94 valence electrons. The zero-order valence-electron chi connectivity index (χ0n) is 9.26. The number of hydrogen-bond acceptors (Lipinski definition) is 2. The van der Waals surface area contributed by atoms with Crippen molar-refractivity contribution in [2.45, 2.75) is 6.92 Å². The number of benzene rings is 1. The molecule has 2 nitrogen and oxygen atoms in total. The molecule has 0 aliphatic rings. The minimum atomic E-state index is -0.335. The largest absolute Gasteiger partial charge is 0.322 e. The maximum absolute atomic E-state index is 13.3. The fourth-order valence-corrected chi connectivity index (χ4v) is 4.22. The third-order valence-electron chi connectivity index (χ3n) is 2.42. The van der Waals surface area contributed by atoms with Gasteiger partial charge in [0.15, 0.2) is 0 Å². The number of rotatable bonds is 2. The van der Waals surface area contributed by atoms with Gasteiger partial charge in [-0.05, 0) is 57.0 Å². The van der Waals surface area contributed by atoms with Crippen molar-refractivity contribution in [3.8, 4) is 0 Å². The van der Waals surface area contributed by atoms with E-state index >= 15 is 0 Å². The van der Waals surface area contributed by atoms with Gasteiger partial charge in [0.2, 0.25) is 0 Å². The molecule has 0 saturated heterocycles. The summed E-state index contributed by atoms with van der Waals surface area (Å²) in [6, 6.07) is 6.32. The monoisotopic (exact) mass is 391 g/mol. The Balaban J connectivity index is 2.27. The number of hydrogen-bond donors (Lipinski definition) is 1. The van der Waals surface area contributed by atoms with Crippen LogP contribution in [0.4, 0.5) is 10.1 Å². The predicted octanol–water partition coefficient (Wildman–Crippen LogP) is 4.97. The van der Waals surface area contributed by atoms with Crippen molar-refractivity contribution in [3.63, 3.8) is 0 Å². The molecule has 6 heteroatoms. The Morgan fingerprint density at radius 1 is 1.39 bits per heavy atom. The zero-order chi connectivity index (χ0) is 13.3. The Labute approximate surface area is 124 Å². The average Bonchev–Trinajstić information content (AvgIpc) is 2.64. The van der Waals surface area contributed by atoms with Crippen LogP contribution in [0.1, 0.15) is 15.9 Å². The molecular weight excluding hydrogens is 385 g/mol. The molecule has 0 bridgehead atoms. The number of amides is 1. The van der Waals surface area contributed by atoms with Gasteiger partial charge in [0.25, 0.3) is 5.91 Å². The Bertz CT molecular complexity index is 612. The highest BCUT2D eigenvalue weighted by Gasteiger charge is 2.15. The quantitative estimate of drug-likeness (QED) is 0.767. The molecule has 1 aromatic heterocycles. The second-order valence-corrected chi connectivity index (χ2v) is 7.35. The van der Waals surface area contributed by atoms with Crippen LogP contribution in [0.3, 0.4) is 0 Å². The minimum absolute atomic E-state index is 0.266. The average molecular weight is 393 g/mol. The molecule has 0 saturated carbocycles. The van der Waals surface area contributed by atoms with Crippen LogP contribution in [-0.2, 0) is 0 Å². The molecule has 1 N–H and O–H groups in total. The van der Waals surface area contributed by atoms with Crippen molar-refractivity contribution >= 4 is 54.8 Å². The highest BCUT2D eigenvalue weighted by Crippen LogP contribution is 2.32. The van der Waals surface area contributed by atoms with E-state index in [-0.39, 0.29) is 11.7 Å². The Morgan fingerprint density at radius 2 is 2.11 bits per heavy atom. The van der Waals surface area contributed by atoms with Gasteiger partial charge >= 0.3 is 0 Å². The third-order valence-corrected chi connectivity index (χ3v) is 4.76. The van der Waals surface area contributed by atoms with Crippen LogP contribution in [-0.4, -0.2) is 5.91 Å². The van der Waals surface area contributed by atoms with Crippen molar-refractivity contribution in [3.05, 3.63) is 48.8 Å². The molecule has 1 amide bonds. The number of carbonyl (C=O) groups excluding carboxylic acids is 1. The van der Waals surface area contributed by atoms with Crippen molar-refractivity contribution in [2.24, 2.45) is 0 Å². The molecule has 2 aromatic rings. The molecule has 18 heavy (non-hydrogen) atoms.